The maximum atomic E-state index is 12.4. The average Bonchev–Trinajstić information content (AvgIpc) is 2.50. The number of esters is 1. The summed E-state index contributed by atoms with van der Waals surface area (Å²) in [6, 6.07) is 8.82. The lowest BCUT2D eigenvalue weighted by Crippen LogP contribution is -2.53. The van der Waals surface area contributed by atoms with Crippen LogP contribution in [-0.2, 0) is 30.1 Å². The second kappa shape index (κ2) is 7.56. The molecule has 0 unspecified atom stereocenters. The molecule has 1 aliphatic rings. The zero-order chi connectivity index (χ0) is 16.9. The number of rotatable bonds is 6. The van der Waals surface area contributed by atoms with Crippen LogP contribution in [0.5, 0.6) is 0 Å². The molecule has 1 aliphatic heterocycles. The smallest absolute Gasteiger partial charge is 0.325 e. The Balaban J connectivity index is 1.96. The Morgan fingerprint density at radius 1 is 1.22 bits per heavy atom. The molecule has 0 saturated carbocycles. The first-order valence-corrected chi connectivity index (χ1v) is 8.98. The van der Waals surface area contributed by atoms with Crippen molar-refractivity contribution < 1.29 is 22.7 Å². The molecule has 0 spiro atoms. The van der Waals surface area contributed by atoms with Crippen molar-refractivity contribution in [2.45, 2.75) is 12.7 Å². The lowest BCUT2D eigenvalue weighted by Gasteiger charge is -2.33. The van der Waals surface area contributed by atoms with Gasteiger partial charge in [-0.25, -0.2) is 8.42 Å². The second-order valence-corrected chi connectivity index (χ2v) is 7.16. The molecule has 126 valence electrons. The molecule has 1 aromatic carbocycles. The number of nitrogens with zero attached hydrogens (tertiary/aromatic N) is 2. The van der Waals surface area contributed by atoms with E-state index < -0.39 is 16.0 Å². The highest BCUT2D eigenvalue weighted by atomic mass is 32.2. The Morgan fingerprint density at radius 2 is 1.91 bits per heavy atom. The van der Waals surface area contributed by atoms with Gasteiger partial charge in [0.25, 0.3) is 0 Å². The zero-order valence-electron chi connectivity index (χ0n) is 13.0. The zero-order valence-corrected chi connectivity index (χ0v) is 13.8. The van der Waals surface area contributed by atoms with Gasteiger partial charge in [-0.15, -0.1) is 0 Å². The van der Waals surface area contributed by atoms with Crippen molar-refractivity contribution in [1.82, 2.24) is 9.21 Å². The number of hydrogen-bond acceptors (Lipinski definition) is 5. The largest absolute Gasteiger partial charge is 0.465 e. The number of carbonyl (C=O) groups excluding carboxylic acids is 2. The van der Waals surface area contributed by atoms with E-state index in [-0.39, 0.29) is 44.4 Å². The number of sulfonamides is 1. The summed E-state index contributed by atoms with van der Waals surface area (Å²) in [4.78, 5) is 24.8. The third-order valence-electron chi connectivity index (χ3n) is 3.49. The monoisotopic (exact) mass is 340 g/mol. The van der Waals surface area contributed by atoms with Crippen LogP contribution in [0.4, 0.5) is 0 Å². The molecular formula is C15H20N2O5S. The lowest BCUT2D eigenvalue weighted by atomic mass is 10.2. The van der Waals surface area contributed by atoms with Gasteiger partial charge in [-0.3, -0.25) is 9.59 Å². The van der Waals surface area contributed by atoms with Crippen LogP contribution < -0.4 is 0 Å². The summed E-state index contributed by atoms with van der Waals surface area (Å²) in [5, 5.41) is 0. The molecule has 2 rings (SSSR count). The van der Waals surface area contributed by atoms with Gasteiger partial charge >= 0.3 is 5.97 Å². The minimum absolute atomic E-state index is 0.140. The van der Waals surface area contributed by atoms with E-state index in [2.05, 4.69) is 0 Å². The van der Waals surface area contributed by atoms with E-state index in [0.717, 1.165) is 0 Å². The number of carbonyl (C=O) groups is 2. The number of hydrogen-bond donors (Lipinski definition) is 0. The first-order chi connectivity index (χ1) is 10.9. The van der Waals surface area contributed by atoms with Crippen molar-refractivity contribution in [3.63, 3.8) is 0 Å². The average molecular weight is 340 g/mol. The number of piperazine rings is 1. The van der Waals surface area contributed by atoms with Crippen LogP contribution in [0, 0.1) is 0 Å². The van der Waals surface area contributed by atoms with Gasteiger partial charge in [-0.05, 0) is 12.5 Å². The molecule has 0 radical (unpaired) electrons. The fourth-order valence-electron chi connectivity index (χ4n) is 2.33. The van der Waals surface area contributed by atoms with Crippen LogP contribution in [0.1, 0.15) is 12.5 Å². The van der Waals surface area contributed by atoms with E-state index in [1.807, 2.05) is 6.07 Å². The van der Waals surface area contributed by atoms with Crippen LogP contribution in [0.15, 0.2) is 30.3 Å². The van der Waals surface area contributed by atoms with Gasteiger partial charge in [-0.1, -0.05) is 30.3 Å². The van der Waals surface area contributed by atoms with Gasteiger partial charge in [0.2, 0.25) is 15.9 Å². The van der Waals surface area contributed by atoms with Gasteiger partial charge in [-0.2, -0.15) is 4.31 Å². The summed E-state index contributed by atoms with van der Waals surface area (Å²) in [5.74, 6) is -1.01. The number of benzene rings is 1. The lowest BCUT2D eigenvalue weighted by molar-refractivity contribution is -0.150. The maximum absolute atomic E-state index is 12.4. The standard InChI is InChI=1S/C15H20N2O5S/c1-2-22-15(19)11-16-8-9-17(10-14(16)18)23(20,21)12-13-6-4-3-5-7-13/h3-7H,2,8-12H2,1H3. The van der Waals surface area contributed by atoms with E-state index in [1.165, 1.54) is 9.21 Å². The highest BCUT2D eigenvalue weighted by molar-refractivity contribution is 7.88. The summed E-state index contributed by atoms with van der Waals surface area (Å²) in [7, 11) is -3.56. The van der Waals surface area contributed by atoms with Crippen LogP contribution >= 0.6 is 0 Å². The van der Waals surface area contributed by atoms with Crippen molar-refractivity contribution in [2.24, 2.45) is 0 Å². The number of ether oxygens (including phenoxy) is 1. The summed E-state index contributed by atoms with van der Waals surface area (Å²) < 4.78 is 30.8. The van der Waals surface area contributed by atoms with Gasteiger partial charge in [0, 0.05) is 13.1 Å². The van der Waals surface area contributed by atoms with E-state index >= 15 is 0 Å². The normalized spacial score (nSPS) is 16.4. The Morgan fingerprint density at radius 3 is 2.52 bits per heavy atom. The van der Waals surface area contributed by atoms with Crippen LogP contribution in [0.25, 0.3) is 0 Å². The van der Waals surface area contributed by atoms with E-state index in [0.29, 0.717) is 5.56 Å². The van der Waals surface area contributed by atoms with E-state index in [1.54, 1.807) is 31.2 Å². The molecule has 1 heterocycles. The van der Waals surface area contributed by atoms with E-state index in [9.17, 15) is 18.0 Å². The first-order valence-electron chi connectivity index (χ1n) is 7.37. The van der Waals surface area contributed by atoms with Crippen molar-refractivity contribution >= 4 is 21.9 Å². The van der Waals surface area contributed by atoms with Crippen LogP contribution in [0.2, 0.25) is 0 Å². The molecule has 7 nitrogen and oxygen atoms in total. The Hall–Kier alpha value is -1.93. The molecule has 23 heavy (non-hydrogen) atoms. The minimum atomic E-state index is -3.56. The summed E-state index contributed by atoms with van der Waals surface area (Å²) >= 11 is 0. The highest BCUT2D eigenvalue weighted by Crippen LogP contribution is 2.14. The molecule has 0 aliphatic carbocycles. The first kappa shape index (κ1) is 17.4. The van der Waals surface area contributed by atoms with Crippen molar-refractivity contribution in [3.8, 4) is 0 Å². The molecular weight excluding hydrogens is 320 g/mol. The predicted octanol–water partition coefficient (Wildman–Crippen LogP) is 0.224. The Kier molecular flexibility index (Phi) is 5.73. The molecule has 1 amide bonds. The van der Waals surface area contributed by atoms with Crippen molar-refractivity contribution in [2.75, 3.05) is 32.8 Å². The molecule has 1 saturated heterocycles. The summed E-state index contributed by atoms with van der Waals surface area (Å²) in [6.45, 7) is 1.92. The van der Waals surface area contributed by atoms with Gasteiger partial charge < -0.3 is 9.64 Å². The van der Waals surface area contributed by atoms with Gasteiger partial charge in [0.05, 0.1) is 18.9 Å². The molecule has 1 aromatic rings. The highest BCUT2D eigenvalue weighted by Gasteiger charge is 2.32. The quantitative estimate of drug-likeness (QED) is 0.692. The molecule has 0 aromatic heterocycles. The summed E-state index contributed by atoms with van der Waals surface area (Å²) in [6.07, 6.45) is 0. The van der Waals surface area contributed by atoms with Gasteiger partial charge in [0.15, 0.2) is 0 Å². The minimum Gasteiger partial charge on any atom is -0.465 e. The predicted molar refractivity (Wildman–Crippen MR) is 83.9 cm³/mol. The van der Waals surface area contributed by atoms with Crippen LogP contribution in [-0.4, -0.2) is 62.3 Å². The fourth-order valence-corrected chi connectivity index (χ4v) is 3.79. The van der Waals surface area contributed by atoms with E-state index in [4.69, 9.17) is 4.74 Å². The number of amides is 1. The fraction of sp³-hybridized carbons (Fsp3) is 0.467. The molecule has 8 heteroatoms. The third-order valence-corrected chi connectivity index (χ3v) is 5.29. The maximum Gasteiger partial charge on any atom is 0.325 e. The topological polar surface area (TPSA) is 84.0 Å². The van der Waals surface area contributed by atoms with Gasteiger partial charge in [0.1, 0.15) is 6.54 Å². The molecule has 0 atom stereocenters. The molecule has 1 fully saturated rings. The third kappa shape index (κ3) is 4.77. The second-order valence-electron chi connectivity index (χ2n) is 5.20. The van der Waals surface area contributed by atoms with Crippen molar-refractivity contribution in [1.29, 1.82) is 0 Å². The summed E-state index contributed by atoms with van der Waals surface area (Å²) in [5.41, 5.74) is 0.675. The Labute approximate surface area is 135 Å². The van der Waals surface area contributed by atoms with Crippen LogP contribution in [0.3, 0.4) is 0 Å². The SMILES string of the molecule is CCOC(=O)CN1CCN(S(=O)(=O)Cc2ccccc2)CC1=O. The molecule has 0 N–H and O–H groups in total. The van der Waals surface area contributed by atoms with Crippen molar-refractivity contribution in [3.05, 3.63) is 35.9 Å². The Bertz CT molecular complexity index is 660. The molecule has 0 bridgehead atoms.